The number of aliphatic hydroxyl groups is 1. The lowest BCUT2D eigenvalue weighted by atomic mass is 10.0. The zero-order valence-corrected chi connectivity index (χ0v) is 14.1. The Bertz CT molecular complexity index is 546. The number of β-amino-alcohol motifs (C(OH)–C–C–N with tert-alkyl or cyclic N) is 1. The number of hydrogen-bond donors (Lipinski definition) is 1. The van der Waals surface area contributed by atoms with E-state index in [1.165, 1.54) is 0 Å². The van der Waals surface area contributed by atoms with Crippen molar-refractivity contribution in [3.63, 3.8) is 0 Å². The van der Waals surface area contributed by atoms with Crippen LogP contribution in [-0.4, -0.2) is 72.7 Å². The molecule has 2 aliphatic heterocycles. The van der Waals surface area contributed by atoms with Gasteiger partial charge in [-0.3, -0.25) is 14.6 Å². The predicted molar refractivity (Wildman–Crippen MR) is 91.9 cm³/mol. The van der Waals surface area contributed by atoms with Crippen LogP contribution in [-0.2, 0) is 4.79 Å². The first-order valence-corrected chi connectivity index (χ1v) is 8.71. The second kappa shape index (κ2) is 7.62. The molecule has 3 rings (SSSR count). The molecule has 0 radical (unpaired) electrons. The lowest BCUT2D eigenvalue weighted by Crippen LogP contribution is -2.58. The fourth-order valence-electron chi connectivity index (χ4n) is 3.54. The number of aliphatic hydroxyl groups excluding tert-OH is 1. The Morgan fingerprint density at radius 2 is 1.87 bits per heavy atom. The van der Waals surface area contributed by atoms with Gasteiger partial charge in [0.25, 0.3) is 0 Å². The van der Waals surface area contributed by atoms with Crippen molar-refractivity contribution in [1.29, 1.82) is 0 Å². The second-order valence-corrected chi connectivity index (χ2v) is 6.61. The number of anilines is 1. The molecule has 0 aliphatic carbocycles. The topological polar surface area (TPSA) is 47.0 Å². The lowest BCUT2D eigenvalue weighted by molar-refractivity contribution is -0.126. The summed E-state index contributed by atoms with van der Waals surface area (Å²) in [5, 5.41) is 9.67. The van der Waals surface area contributed by atoms with Crippen molar-refractivity contribution >= 4 is 23.2 Å². The number of piperidine rings is 1. The average Bonchev–Trinajstić information content (AvgIpc) is 2.57. The number of para-hydroxylation sites is 1. The van der Waals surface area contributed by atoms with Crippen LogP contribution >= 0.6 is 11.6 Å². The van der Waals surface area contributed by atoms with Crippen molar-refractivity contribution < 1.29 is 9.90 Å². The third kappa shape index (κ3) is 3.69. The Balaban J connectivity index is 1.68. The number of rotatable bonds is 4. The van der Waals surface area contributed by atoms with Crippen molar-refractivity contribution in [2.45, 2.75) is 18.9 Å². The van der Waals surface area contributed by atoms with Crippen molar-refractivity contribution in [3.05, 3.63) is 29.3 Å². The van der Waals surface area contributed by atoms with Crippen molar-refractivity contribution in [2.24, 2.45) is 0 Å². The van der Waals surface area contributed by atoms with E-state index in [4.69, 9.17) is 16.7 Å². The molecule has 1 unspecified atom stereocenters. The molecule has 0 aromatic heterocycles. The summed E-state index contributed by atoms with van der Waals surface area (Å²) in [5.41, 5.74) is 0.822. The number of hydrogen-bond acceptors (Lipinski definition) is 4. The van der Waals surface area contributed by atoms with Gasteiger partial charge in [0.05, 0.1) is 23.4 Å². The van der Waals surface area contributed by atoms with Crippen LogP contribution in [0, 0.1) is 0 Å². The second-order valence-electron chi connectivity index (χ2n) is 6.20. The molecule has 0 spiro atoms. The van der Waals surface area contributed by atoms with Gasteiger partial charge in [-0.05, 0) is 25.0 Å². The maximum Gasteiger partial charge on any atom is 0.244 e. The summed E-state index contributed by atoms with van der Waals surface area (Å²) in [6.07, 6.45) is 1.91. The van der Waals surface area contributed by atoms with Gasteiger partial charge in [0.15, 0.2) is 0 Å². The highest BCUT2D eigenvalue weighted by Crippen LogP contribution is 2.30. The third-order valence-electron chi connectivity index (χ3n) is 4.82. The highest BCUT2D eigenvalue weighted by molar-refractivity contribution is 6.33. The van der Waals surface area contributed by atoms with E-state index in [-0.39, 0.29) is 18.6 Å². The van der Waals surface area contributed by atoms with Crippen LogP contribution in [0.4, 0.5) is 5.69 Å². The van der Waals surface area contributed by atoms with E-state index in [0.717, 1.165) is 57.8 Å². The van der Waals surface area contributed by atoms with Crippen molar-refractivity contribution in [2.75, 3.05) is 50.8 Å². The summed E-state index contributed by atoms with van der Waals surface area (Å²) in [5.74, 6) is 0.167. The largest absolute Gasteiger partial charge is 0.395 e. The summed E-state index contributed by atoms with van der Waals surface area (Å²) < 4.78 is 0. The summed E-state index contributed by atoms with van der Waals surface area (Å²) in [4.78, 5) is 19.3. The number of amides is 1. The zero-order valence-electron chi connectivity index (χ0n) is 13.3. The van der Waals surface area contributed by atoms with Crippen LogP contribution in [0.2, 0.25) is 5.02 Å². The maximum absolute atomic E-state index is 13.0. The quantitative estimate of drug-likeness (QED) is 0.903. The Morgan fingerprint density at radius 1 is 1.13 bits per heavy atom. The molecule has 2 saturated heterocycles. The van der Waals surface area contributed by atoms with E-state index >= 15 is 0 Å². The van der Waals surface area contributed by atoms with Gasteiger partial charge < -0.3 is 10.0 Å². The monoisotopic (exact) mass is 337 g/mol. The normalized spacial score (nSPS) is 24.2. The molecule has 1 N–H and O–H groups in total. The number of carbonyl (C=O) groups is 1. The number of nitrogens with zero attached hydrogens (tertiary/aromatic N) is 3. The fraction of sp³-hybridized carbons (Fsp3) is 0.588. The smallest absolute Gasteiger partial charge is 0.244 e. The SMILES string of the molecule is O=C1C(N2CCN(CCO)CC2)CCCN1c1ccccc1Cl. The number of halogens is 1. The number of benzene rings is 1. The van der Waals surface area contributed by atoms with Crippen LogP contribution in [0.15, 0.2) is 24.3 Å². The number of carbonyl (C=O) groups excluding carboxylic acids is 1. The Kier molecular flexibility index (Phi) is 5.54. The summed E-state index contributed by atoms with van der Waals surface area (Å²) >= 11 is 6.27. The molecule has 1 atom stereocenters. The number of piperazine rings is 1. The molecule has 0 saturated carbocycles. The molecule has 2 aliphatic rings. The first-order valence-electron chi connectivity index (χ1n) is 8.34. The van der Waals surface area contributed by atoms with Crippen LogP contribution in [0.25, 0.3) is 0 Å². The van der Waals surface area contributed by atoms with E-state index in [1.807, 2.05) is 29.2 Å². The average molecular weight is 338 g/mol. The maximum atomic E-state index is 13.0. The van der Waals surface area contributed by atoms with Gasteiger partial charge in [-0.1, -0.05) is 23.7 Å². The minimum atomic E-state index is -0.0451. The first-order chi connectivity index (χ1) is 11.2. The predicted octanol–water partition coefficient (Wildman–Crippen LogP) is 1.45. The highest BCUT2D eigenvalue weighted by atomic mass is 35.5. The van der Waals surface area contributed by atoms with Crippen molar-refractivity contribution in [1.82, 2.24) is 9.80 Å². The molecule has 23 heavy (non-hydrogen) atoms. The van der Waals surface area contributed by atoms with E-state index in [2.05, 4.69) is 9.80 Å². The molecule has 126 valence electrons. The highest BCUT2D eigenvalue weighted by Gasteiger charge is 2.35. The molecule has 0 bridgehead atoms. The Hall–Kier alpha value is -1.14. The summed E-state index contributed by atoms with van der Waals surface area (Å²) in [7, 11) is 0. The standard InChI is InChI=1S/C17H24ClN3O2/c18-14-4-1-2-5-15(14)21-7-3-6-16(17(21)23)20-10-8-19(9-11-20)12-13-22/h1-2,4-5,16,22H,3,6-13H2. The molecular formula is C17H24ClN3O2. The Morgan fingerprint density at radius 3 is 2.57 bits per heavy atom. The molecule has 1 amide bonds. The molecular weight excluding hydrogens is 314 g/mol. The van der Waals surface area contributed by atoms with E-state index < -0.39 is 0 Å². The first kappa shape index (κ1) is 16.7. The molecule has 5 nitrogen and oxygen atoms in total. The van der Waals surface area contributed by atoms with Crippen molar-refractivity contribution in [3.8, 4) is 0 Å². The van der Waals surface area contributed by atoms with Crippen LogP contribution < -0.4 is 4.90 Å². The third-order valence-corrected chi connectivity index (χ3v) is 5.14. The van der Waals surface area contributed by atoms with E-state index in [1.54, 1.807) is 0 Å². The summed E-state index contributed by atoms with van der Waals surface area (Å²) in [6.45, 7) is 5.25. The van der Waals surface area contributed by atoms with Crippen LogP contribution in [0.3, 0.4) is 0 Å². The van der Waals surface area contributed by atoms with Gasteiger partial charge in [0, 0.05) is 39.3 Å². The zero-order chi connectivity index (χ0) is 16.2. The lowest BCUT2D eigenvalue weighted by Gasteiger charge is -2.42. The molecule has 1 aromatic carbocycles. The molecule has 2 fully saturated rings. The van der Waals surface area contributed by atoms with Crippen LogP contribution in [0.1, 0.15) is 12.8 Å². The van der Waals surface area contributed by atoms with E-state index in [9.17, 15) is 4.79 Å². The van der Waals surface area contributed by atoms with Gasteiger partial charge >= 0.3 is 0 Å². The van der Waals surface area contributed by atoms with Gasteiger partial charge in [0.1, 0.15) is 0 Å². The van der Waals surface area contributed by atoms with Gasteiger partial charge in [-0.2, -0.15) is 0 Å². The van der Waals surface area contributed by atoms with Crippen LogP contribution in [0.5, 0.6) is 0 Å². The minimum absolute atomic E-state index is 0.0451. The minimum Gasteiger partial charge on any atom is -0.395 e. The van der Waals surface area contributed by atoms with Gasteiger partial charge in [-0.25, -0.2) is 0 Å². The summed E-state index contributed by atoms with van der Waals surface area (Å²) in [6, 6.07) is 7.52. The molecule has 2 heterocycles. The molecule has 1 aromatic rings. The van der Waals surface area contributed by atoms with Gasteiger partial charge in [0.2, 0.25) is 5.91 Å². The Labute approximate surface area is 142 Å². The van der Waals surface area contributed by atoms with E-state index in [0.29, 0.717) is 5.02 Å². The van der Waals surface area contributed by atoms with Gasteiger partial charge in [-0.15, -0.1) is 0 Å². The fourth-order valence-corrected chi connectivity index (χ4v) is 3.78. The molecule has 6 heteroatoms.